The first-order valence-corrected chi connectivity index (χ1v) is 11.6. The van der Waals surface area contributed by atoms with Crippen molar-refractivity contribution in [3.05, 3.63) is 60.1 Å². The first-order valence-electron chi connectivity index (χ1n) is 11.6. The lowest BCUT2D eigenvalue weighted by Crippen LogP contribution is -2.19. The van der Waals surface area contributed by atoms with Crippen molar-refractivity contribution in [1.29, 1.82) is 0 Å². The number of benzene rings is 2. The molecule has 0 aliphatic carbocycles. The Labute approximate surface area is 190 Å². The second kappa shape index (κ2) is 8.47. The summed E-state index contributed by atoms with van der Waals surface area (Å²) in [5, 5.41) is 7.53. The van der Waals surface area contributed by atoms with E-state index in [0.717, 1.165) is 71.6 Å². The van der Waals surface area contributed by atoms with Crippen LogP contribution in [-0.2, 0) is 9.47 Å². The molecule has 5 nitrogen and oxygen atoms in total. The van der Waals surface area contributed by atoms with Crippen LogP contribution < -0.4 is 0 Å². The Hall–Kier alpha value is -2.90. The van der Waals surface area contributed by atoms with E-state index in [4.69, 9.17) is 14.5 Å². The van der Waals surface area contributed by atoms with E-state index in [1.807, 2.05) is 17.1 Å². The molecule has 2 aromatic carbocycles. The fourth-order valence-corrected chi connectivity index (χ4v) is 5.16. The van der Waals surface area contributed by atoms with Gasteiger partial charge in [0.25, 0.3) is 0 Å². The summed E-state index contributed by atoms with van der Waals surface area (Å²) in [4.78, 5) is 4.86. The summed E-state index contributed by atoms with van der Waals surface area (Å²) in [7, 11) is 0. The number of aromatic nitrogens is 3. The van der Waals surface area contributed by atoms with Gasteiger partial charge >= 0.3 is 0 Å². The van der Waals surface area contributed by atoms with E-state index >= 15 is 0 Å². The summed E-state index contributed by atoms with van der Waals surface area (Å²) < 4.78 is 41.5. The maximum absolute atomic E-state index is 14.3. The zero-order chi connectivity index (χ0) is 22.4. The lowest BCUT2D eigenvalue weighted by atomic mass is 9.87. The molecule has 2 aliphatic heterocycles. The van der Waals surface area contributed by atoms with Crippen LogP contribution in [0.4, 0.5) is 8.78 Å². The highest BCUT2D eigenvalue weighted by Crippen LogP contribution is 2.40. The normalized spacial score (nSPS) is 20.0. The third kappa shape index (κ3) is 3.69. The molecule has 0 N–H and O–H groups in total. The molecule has 2 fully saturated rings. The Kier molecular flexibility index (Phi) is 5.31. The topological polar surface area (TPSA) is 49.2 Å². The number of nitrogens with zero attached hydrogens (tertiary/aromatic N) is 3. The van der Waals surface area contributed by atoms with Gasteiger partial charge < -0.3 is 9.47 Å². The van der Waals surface area contributed by atoms with Gasteiger partial charge in [-0.1, -0.05) is 6.07 Å². The number of ether oxygens (including phenoxy) is 2. The quantitative estimate of drug-likeness (QED) is 0.378. The molecule has 2 aromatic heterocycles. The molecule has 4 aromatic rings. The standard InChI is InChI=1S/C26H25F2N3O2/c27-21-5-4-17(12-22(21)28)25-20-11-19-15-30-31(24-3-1-2-8-33-24)23(19)13-18(20)14-29-26(25)16-6-9-32-10-7-16/h4-5,11-16,24H,1-3,6-10H2. The summed E-state index contributed by atoms with van der Waals surface area (Å²) in [5.41, 5.74) is 3.41. The molecule has 1 atom stereocenters. The van der Waals surface area contributed by atoms with Gasteiger partial charge in [-0.3, -0.25) is 4.98 Å². The fourth-order valence-electron chi connectivity index (χ4n) is 5.16. The van der Waals surface area contributed by atoms with E-state index < -0.39 is 11.6 Å². The van der Waals surface area contributed by atoms with Gasteiger partial charge in [-0.25, -0.2) is 13.5 Å². The minimum atomic E-state index is -0.856. The molecule has 2 saturated heterocycles. The molecule has 6 rings (SSSR count). The van der Waals surface area contributed by atoms with Crippen LogP contribution in [0.15, 0.2) is 42.7 Å². The Morgan fingerprint density at radius 2 is 1.76 bits per heavy atom. The fraction of sp³-hybridized carbons (Fsp3) is 0.385. The highest BCUT2D eigenvalue weighted by Gasteiger charge is 2.25. The second-order valence-corrected chi connectivity index (χ2v) is 8.94. The van der Waals surface area contributed by atoms with Crippen molar-refractivity contribution in [2.75, 3.05) is 19.8 Å². The molecule has 33 heavy (non-hydrogen) atoms. The molecule has 170 valence electrons. The number of pyridine rings is 1. The van der Waals surface area contributed by atoms with E-state index in [9.17, 15) is 8.78 Å². The van der Waals surface area contributed by atoms with E-state index in [2.05, 4.69) is 17.2 Å². The summed E-state index contributed by atoms with van der Waals surface area (Å²) in [6, 6.07) is 8.28. The van der Waals surface area contributed by atoms with Crippen molar-refractivity contribution in [2.24, 2.45) is 0 Å². The number of hydrogen-bond donors (Lipinski definition) is 0. The van der Waals surface area contributed by atoms with Gasteiger partial charge in [0.05, 0.1) is 17.4 Å². The van der Waals surface area contributed by atoms with E-state index in [1.165, 1.54) is 12.1 Å². The van der Waals surface area contributed by atoms with Crippen LogP contribution in [0.5, 0.6) is 0 Å². The Morgan fingerprint density at radius 1 is 0.879 bits per heavy atom. The summed E-state index contributed by atoms with van der Waals surface area (Å²) >= 11 is 0. The van der Waals surface area contributed by atoms with E-state index in [1.54, 1.807) is 6.07 Å². The first kappa shape index (κ1) is 20.7. The van der Waals surface area contributed by atoms with Crippen molar-refractivity contribution in [3.8, 4) is 11.1 Å². The molecule has 2 aliphatic rings. The highest BCUT2D eigenvalue weighted by atomic mass is 19.2. The summed E-state index contributed by atoms with van der Waals surface area (Å²) in [6.07, 6.45) is 8.54. The van der Waals surface area contributed by atoms with Crippen LogP contribution in [0.2, 0.25) is 0 Å². The lowest BCUT2D eigenvalue weighted by Gasteiger charge is -2.25. The maximum Gasteiger partial charge on any atom is 0.159 e. The van der Waals surface area contributed by atoms with Gasteiger partial charge in [0.2, 0.25) is 0 Å². The molecule has 4 heterocycles. The first-order chi connectivity index (χ1) is 16.2. The SMILES string of the molecule is Fc1ccc(-c2c(C3CCOCC3)ncc3cc4c(cnn4C4CCCCO4)cc23)cc1F. The molecule has 0 amide bonds. The van der Waals surface area contributed by atoms with Crippen LogP contribution in [-0.4, -0.2) is 34.6 Å². The van der Waals surface area contributed by atoms with Crippen LogP contribution >= 0.6 is 0 Å². The van der Waals surface area contributed by atoms with Gasteiger partial charge in [-0.05, 0) is 67.3 Å². The molecule has 7 heteroatoms. The predicted octanol–water partition coefficient (Wildman–Crippen LogP) is 6.12. The molecule has 0 spiro atoms. The van der Waals surface area contributed by atoms with Crippen LogP contribution in [0.3, 0.4) is 0 Å². The third-order valence-electron chi connectivity index (χ3n) is 6.88. The number of hydrogen-bond acceptors (Lipinski definition) is 4. The third-order valence-corrected chi connectivity index (χ3v) is 6.88. The molecular weight excluding hydrogens is 424 g/mol. The van der Waals surface area contributed by atoms with Gasteiger partial charge in [-0.15, -0.1) is 0 Å². The van der Waals surface area contributed by atoms with Crippen LogP contribution in [0.1, 0.15) is 49.9 Å². The number of fused-ring (bicyclic) bond motifs is 2. The lowest BCUT2D eigenvalue weighted by molar-refractivity contribution is -0.0366. The number of halogens is 2. The maximum atomic E-state index is 14.3. The average molecular weight is 450 g/mol. The van der Waals surface area contributed by atoms with Gasteiger partial charge in [0.15, 0.2) is 17.9 Å². The highest BCUT2D eigenvalue weighted by molar-refractivity contribution is 6.04. The Bertz CT molecular complexity index is 1320. The molecule has 0 bridgehead atoms. The molecular formula is C26H25F2N3O2. The van der Waals surface area contributed by atoms with Crippen molar-refractivity contribution >= 4 is 21.7 Å². The Morgan fingerprint density at radius 3 is 2.55 bits per heavy atom. The van der Waals surface area contributed by atoms with Crippen molar-refractivity contribution < 1.29 is 18.3 Å². The summed E-state index contributed by atoms with van der Waals surface area (Å²) in [6.45, 7) is 2.10. The van der Waals surface area contributed by atoms with E-state index in [-0.39, 0.29) is 12.1 Å². The smallest absolute Gasteiger partial charge is 0.159 e. The Balaban J connectivity index is 1.56. The minimum absolute atomic E-state index is 0.0613. The van der Waals surface area contributed by atoms with Crippen molar-refractivity contribution in [3.63, 3.8) is 0 Å². The zero-order valence-corrected chi connectivity index (χ0v) is 18.3. The average Bonchev–Trinajstić information content (AvgIpc) is 3.27. The monoisotopic (exact) mass is 449 g/mol. The zero-order valence-electron chi connectivity index (χ0n) is 18.3. The molecule has 1 unspecified atom stereocenters. The molecule has 0 radical (unpaired) electrons. The van der Waals surface area contributed by atoms with E-state index in [0.29, 0.717) is 18.8 Å². The van der Waals surface area contributed by atoms with Gasteiger partial charge in [-0.2, -0.15) is 5.10 Å². The summed E-state index contributed by atoms with van der Waals surface area (Å²) in [5.74, 6) is -1.50. The molecule has 0 saturated carbocycles. The predicted molar refractivity (Wildman–Crippen MR) is 122 cm³/mol. The second-order valence-electron chi connectivity index (χ2n) is 8.94. The number of rotatable bonds is 3. The largest absolute Gasteiger partial charge is 0.381 e. The van der Waals surface area contributed by atoms with Crippen LogP contribution in [0, 0.1) is 11.6 Å². The minimum Gasteiger partial charge on any atom is -0.381 e. The van der Waals surface area contributed by atoms with Gasteiger partial charge in [0, 0.05) is 48.3 Å². The van der Waals surface area contributed by atoms with Gasteiger partial charge in [0.1, 0.15) is 0 Å². The van der Waals surface area contributed by atoms with Crippen LogP contribution in [0.25, 0.3) is 32.8 Å². The van der Waals surface area contributed by atoms with Crippen molar-refractivity contribution in [2.45, 2.75) is 44.2 Å². The van der Waals surface area contributed by atoms with Crippen molar-refractivity contribution in [1.82, 2.24) is 14.8 Å².